The summed E-state index contributed by atoms with van der Waals surface area (Å²) < 4.78 is 4.86. The van der Waals surface area contributed by atoms with E-state index in [0.717, 1.165) is 25.8 Å². The molecule has 2 saturated carbocycles. The molecule has 0 aromatic heterocycles. The van der Waals surface area contributed by atoms with Gasteiger partial charge in [-0.2, -0.15) is 0 Å². The van der Waals surface area contributed by atoms with Gasteiger partial charge in [0.15, 0.2) is 0 Å². The molecular weight excluding hydrogens is 320 g/mol. The van der Waals surface area contributed by atoms with Crippen LogP contribution in [0.3, 0.4) is 0 Å². The molecule has 25 heavy (non-hydrogen) atoms. The lowest BCUT2D eigenvalue weighted by Crippen LogP contribution is -2.49. The number of nitrogens with one attached hydrogen (secondary N) is 1. The van der Waals surface area contributed by atoms with E-state index in [4.69, 9.17) is 4.74 Å². The predicted molar refractivity (Wildman–Crippen MR) is 92.8 cm³/mol. The Balaban J connectivity index is 1.63. The quantitative estimate of drug-likeness (QED) is 0.764. The maximum Gasteiger partial charge on any atom is 0.328 e. The van der Waals surface area contributed by atoms with Crippen LogP contribution in [0, 0.1) is 11.3 Å². The van der Waals surface area contributed by atoms with Gasteiger partial charge in [0.05, 0.1) is 13.2 Å². The van der Waals surface area contributed by atoms with Gasteiger partial charge in [0, 0.05) is 18.9 Å². The molecule has 0 aromatic rings. The first kappa shape index (κ1) is 18.4. The number of rotatable bonds is 5. The molecule has 3 atom stereocenters. The molecule has 1 N–H and O–H groups in total. The van der Waals surface area contributed by atoms with Crippen molar-refractivity contribution in [1.82, 2.24) is 10.2 Å². The molecular formula is C19H30N2O4. The number of methoxy groups -OCH3 is 1. The van der Waals surface area contributed by atoms with Crippen LogP contribution in [-0.2, 0) is 19.1 Å². The minimum atomic E-state index is -0.724. The van der Waals surface area contributed by atoms with Gasteiger partial charge in [-0.1, -0.05) is 12.8 Å². The molecule has 0 radical (unpaired) electrons. The first-order valence-corrected chi connectivity index (χ1v) is 9.55. The third kappa shape index (κ3) is 3.89. The summed E-state index contributed by atoms with van der Waals surface area (Å²) >= 11 is 0. The van der Waals surface area contributed by atoms with Crippen molar-refractivity contribution in [2.24, 2.45) is 11.3 Å². The minimum Gasteiger partial charge on any atom is -0.467 e. The van der Waals surface area contributed by atoms with Gasteiger partial charge >= 0.3 is 5.97 Å². The highest BCUT2D eigenvalue weighted by Crippen LogP contribution is 2.47. The number of carbonyl (C=O) groups is 3. The molecule has 3 fully saturated rings. The van der Waals surface area contributed by atoms with E-state index in [0.29, 0.717) is 12.8 Å². The summed E-state index contributed by atoms with van der Waals surface area (Å²) in [6.45, 7) is 0.953. The summed E-state index contributed by atoms with van der Waals surface area (Å²) in [5.74, 6) is -0.491. The van der Waals surface area contributed by atoms with Gasteiger partial charge in [-0.05, 0) is 51.0 Å². The Morgan fingerprint density at radius 2 is 2.04 bits per heavy atom. The molecule has 1 amide bonds. The summed E-state index contributed by atoms with van der Waals surface area (Å²) in [6, 6.07) is -0.914. The second kappa shape index (κ2) is 7.44. The number of likely N-dealkylation sites (N-methyl/N-ethyl adjacent to an activating group) is 1. The van der Waals surface area contributed by atoms with Gasteiger partial charge < -0.3 is 10.1 Å². The molecule has 1 spiro atoms. The van der Waals surface area contributed by atoms with Gasteiger partial charge in [0.1, 0.15) is 11.8 Å². The second-order valence-corrected chi connectivity index (χ2v) is 8.22. The average Bonchev–Trinajstić information content (AvgIpc) is 3.28. The monoisotopic (exact) mass is 350 g/mol. The Labute approximate surface area is 149 Å². The number of esters is 1. The summed E-state index contributed by atoms with van der Waals surface area (Å²) in [5.41, 5.74) is 0.277. The Bertz CT molecular complexity index is 542. The number of hydrogen-bond donors (Lipinski definition) is 1. The first-order valence-electron chi connectivity index (χ1n) is 9.55. The lowest BCUT2D eigenvalue weighted by atomic mass is 9.84. The highest BCUT2D eigenvalue weighted by Gasteiger charge is 2.47. The molecule has 2 aliphatic carbocycles. The molecule has 0 bridgehead atoms. The minimum absolute atomic E-state index is 0.105. The zero-order valence-corrected chi connectivity index (χ0v) is 15.4. The fourth-order valence-electron chi connectivity index (χ4n) is 5.10. The van der Waals surface area contributed by atoms with E-state index in [-0.39, 0.29) is 29.1 Å². The number of carbonyl (C=O) groups excluding carboxylic acids is 3. The van der Waals surface area contributed by atoms with E-state index in [2.05, 4.69) is 10.2 Å². The maximum atomic E-state index is 12.8. The number of nitrogens with zero attached hydrogens (tertiary/aromatic N) is 1. The van der Waals surface area contributed by atoms with Crippen LogP contribution in [0.25, 0.3) is 0 Å². The molecule has 1 aliphatic heterocycles. The van der Waals surface area contributed by atoms with Gasteiger partial charge in [-0.25, -0.2) is 4.79 Å². The second-order valence-electron chi connectivity index (χ2n) is 8.22. The molecule has 0 aromatic carbocycles. The van der Waals surface area contributed by atoms with Crippen LogP contribution in [0.2, 0.25) is 0 Å². The summed E-state index contributed by atoms with van der Waals surface area (Å²) in [6.07, 6.45) is 8.36. The number of amides is 1. The van der Waals surface area contributed by atoms with Gasteiger partial charge in [0.25, 0.3) is 0 Å². The smallest absolute Gasteiger partial charge is 0.328 e. The fraction of sp³-hybridized carbons (Fsp3) is 0.842. The summed E-state index contributed by atoms with van der Waals surface area (Å²) in [5, 5.41) is 2.89. The SMILES string of the molecule is COC(=O)[C@H](C[C@@H]1CCCC1=O)NC(=O)[C@@H]1CC2(CCCC2)CN1C. The number of hydrogen-bond acceptors (Lipinski definition) is 5. The van der Waals surface area contributed by atoms with Crippen LogP contribution >= 0.6 is 0 Å². The number of ether oxygens (including phenoxy) is 1. The number of Topliss-reactive ketones (excluding diaryl/α,β-unsaturated/α-hetero) is 1. The lowest BCUT2D eigenvalue weighted by Gasteiger charge is -2.24. The Hall–Kier alpha value is -1.43. The molecule has 1 saturated heterocycles. The Kier molecular flexibility index (Phi) is 5.46. The highest BCUT2D eigenvalue weighted by molar-refractivity contribution is 5.89. The third-order valence-corrected chi connectivity index (χ3v) is 6.46. The van der Waals surface area contributed by atoms with E-state index in [1.165, 1.54) is 32.8 Å². The van der Waals surface area contributed by atoms with Crippen LogP contribution < -0.4 is 5.32 Å². The van der Waals surface area contributed by atoms with Crippen molar-refractivity contribution >= 4 is 17.7 Å². The van der Waals surface area contributed by atoms with E-state index in [1.54, 1.807) is 0 Å². The normalized spacial score (nSPS) is 29.9. The predicted octanol–water partition coefficient (Wildman–Crippen LogP) is 1.67. The van der Waals surface area contributed by atoms with E-state index < -0.39 is 12.0 Å². The standard InChI is InChI=1S/C19H30N2O4/c1-21-12-19(8-3-4-9-19)11-15(21)17(23)20-14(18(24)25-2)10-13-6-5-7-16(13)22/h13-15H,3-12H2,1-2H3,(H,20,23)/t13-,14-,15-/m0/s1. The number of likely N-dealkylation sites (tertiary alicyclic amines) is 1. The van der Waals surface area contributed by atoms with Crippen molar-refractivity contribution < 1.29 is 19.1 Å². The zero-order valence-electron chi connectivity index (χ0n) is 15.4. The topological polar surface area (TPSA) is 75.7 Å². The van der Waals surface area contributed by atoms with Crippen molar-refractivity contribution in [2.45, 2.75) is 69.9 Å². The summed E-state index contributed by atoms with van der Waals surface area (Å²) in [7, 11) is 3.32. The van der Waals surface area contributed by atoms with Crippen LogP contribution in [0.4, 0.5) is 0 Å². The van der Waals surface area contributed by atoms with Crippen molar-refractivity contribution in [3.63, 3.8) is 0 Å². The fourth-order valence-corrected chi connectivity index (χ4v) is 5.10. The van der Waals surface area contributed by atoms with E-state index in [1.807, 2.05) is 7.05 Å². The van der Waals surface area contributed by atoms with Crippen LogP contribution in [0.1, 0.15) is 57.8 Å². The van der Waals surface area contributed by atoms with Crippen LogP contribution in [-0.4, -0.2) is 55.3 Å². The highest BCUT2D eigenvalue weighted by atomic mass is 16.5. The molecule has 3 aliphatic rings. The van der Waals surface area contributed by atoms with E-state index >= 15 is 0 Å². The Morgan fingerprint density at radius 3 is 2.64 bits per heavy atom. The molecule has 140 valence electrons. The van der Waals surface area contributed by atoms with Crippen LogP contribution in [0.15, 0.2) is 0 Å². The average molecular weight is 350 g/mol. The van der Waals surface area contributed by atoms with Gasteiger partial charge in [-0.15, -0.1) is 0 Å². The van der Waals surface area contributed by atoms with Gasteiger partial charge in [-0.3, -0.25) is 14.5 Å². The molecule has 6 heteroatoms. The molecule has 1 heterocycles. The van der Waals surface area contributed by atoms with Crippen molar-refractivity contribution in [3.8, 4) is 0 Å². The van der Waals surface area contributed by atoms with Crippen molar-refractivity contribution in [1.29, 1.82) is 0 Å². The molecule has 3 rings (SSSR count). The largest absolute Gasteiger partial charge is 0.467 e. The lowest BCUT2D eigenvalue weighted by molar-refractivity contribution is -0.146. The maximum absolute atomic E-state index is 12.8. The van der Waals surface area contributed by atoms with Crippen molar-refractivity contribution in [2.75, 3.05) is 20.7 Å². The van der Waals surface area contributed by atoms with E-state index in [9.17, 15) is 14.4 Å². The van der Waals surface area contributed by atoms with Crippen LogP contribution in [0.5, 0.6) is 0 Å². The third-order valence-electron chi connectivity index (χ3n) is 6.46. The molecule has 0 unspecified atom stereocenters. The Morgan fingerprint density at radius 1 is 1.32 bits per heavy atom. The van der Waals surface area contributed by atoms with Gasteiger partial charge in [0.2, 0.25) is 5.91 Å². The zero-order chi connectivity index (χ0) is 18.0. The molecule has 6 nitrogen and oxygen atoms in total. The van der Waals surface area contributed by atoms with Crippen molar-refractivity contribution in [3.05, 3.63) is 0 Å². The summed E-state index contributed by atoms with van der Waals surface area (Å²) in [4.78, 5) is 39.0. The first-order chi connectivity index (χ1) is 11.9. The number of ketones is 1.